The summed E-state index contributed by atoms with van der Waals surface area (Å²) in [6.07, 6.45) is -3.99. The summed E-state index contributed by atoms with van der Waals surface area (Å²) in [5.41, 5.74) is -1.46. The van der Waals surface area contributed by atoms with Crippen LogP contribution < -0.4 is 4.90 Å². The van der Waals surface area contributed by atoms with Gasteiger partial charge in [0, 0.05) is 43.9 Å². The number of rotatable bonds is 6. The monoisotopic (exact) mass is 445 g/mol. The lowest BCUT2D eigenvalue weighted by atomic mass is 9.74. The van der Waals surface area contributed by atoms with E-state index in [1.807, 2.05) is 11.8 Å². The first-order valence-electron chi connectivity index (χ1n) is 9.98. The van der Waals surface area contributed by atoms with E-state index in [1.54, 1.807) is 13.0 Å². The molecule has 1 aromatic carbocycles. The molecule has 6 nitrogen and oxygen atoms in total. The normalized spacial score (nSPS) is 25.2. The molecule has 2 heterocycles. The summed E-state index contributed by atoms with van der Waals surface area (Å²) in [4.78, 5) is 1.86. The summed E-state index contributed by atoms with van der Waals surface area (Å²) in [5, 5.41) is 9.03. The Morgan fingerprint density at radius 2 is 2.03 bits per heavy atom. The molecular formula is C20H26F3N3O3S. The lowest BCUT2D eigenvalue weighted by Crippen LogP contribution is -2.53. The van der Waals surface area contributed by atoms with E-state index in [1.165, 1.54) is 16.4 Å². The van der Waals surface area contributed by atoms with Crippen molar-refractivity contribution in [1.29, 1.82) is 5.26 Å². The van der Waals surface area contributed by atoms with Gasteiger partial charge in [-0.1, -0.05) is 0 Å². The third-order valence-corrected chi connectivity index (χ3v) is 8.00. The SMILES string of the molecule is CCOC[C@@]12CN(c3ccc(C#N)c(C(F)(F)F)c3)C[C@@H]1CCN(S(=O)(=O)CC)C2. The van der Waals surface area contributed by atoms with Crippen LogP contribution in [0.5, 0.6) is 0 Å². The molecule has 1 aromatic rings. The van der Waals surface area contributed by atoms with Crippen molar-refractivity contribution in [2.24, 2.45) is 11.3 Å². The van der Waals surface area contributed by atoms with Crippen molar-refractivity contribution in [3.05, 3.63) is 29.3 Å². The van der Waals surface area contributed by atoms with E-state index < -0.39 is 32.7 Å². The first-order chi connectivity index (χ1) is 14.1. The third kappa shape index (κ3) is 4.29. The minimum Gasteiger partial charge on any atom is -0.381 e. The lowest BCUT2D eigenvalue weighted by Gasteiger charge is -2.43. The van der Waals surface area contributed by atoms with Crippen molar-refractivity contribution in [3.63, 3.8) is 0 Å². The first-order valence-corrected chi connectivity index (χ1v) is 11.6. The van der Waals surface area contributed by atoms with Crippen molar-refractivity contribution in [2.45, 2.75) is 26.4 Å². The van der Waals surface area contributed by atoms with Gasteiger partial charge >= 0.3 is 6.18 Å². The van der Waals surface area contributed by atoms with Crippen LogP contribution in [-0.4, -0.2) is 57.9 Å². The summed E-state index contributed by atoms with van der Waals surface area (Å²) in [7, 11) is -3.37. The molecule has 10 heteroatoms. The van der Waals surface area contributed by atoms with E-state index in [0.29, 0.717) is 51.5 Å². The quantitative estimate of drug-likeness (QED) is 0.673. The molecule has 0 radical (unpaired) electrons. The van der Waals surface area contributed by atoms with Crippen LogP contribution in [0.3, 0.4) is 0 Å². The highest BCUT2D eigenvalue weighted by Gasteiger charge is 2.52. The zero-order valence-electron chi connectivity index (χ0n) is 17.1. The van der Waals surface area contributed by atoms with Gasteiger partial charge in [-0.3, -0.25) is 0 Å². The number of halogens is 3. The fraction of sp³-hybridized carbons (Fsp3) is 0.650. The summed E-state index contributed by atoms with van der Waals surface area (Å²) >= 11 is 0. The number of alkyl halides is 3. The largest absolute Gasteiger partial charge is 0.417 e. The molecule has 3 rings (SSSR count). The summed E-state index contributed by atoms with van der Waals surface area (Å²) in [6, 6.07) is 5.35. The van der Waals surface area contributed by atoms with Gasteiger partial charge in [0.2, 0.25) is 10.0 Å². The van der Waals surface area contributed by atoms with E-state index >= 15 is 0 Å². The number of anilines is 1. The Morgan fingerprint density at radius 3 is 2.63 bits per heavy atom. The standard InChI is InChI=1S/C20H26F3N3O3S/c1-3-29-14-19-12-25(11-16(19)7-8-26(13-19)30(27,28)4-2)17-6-5-15(10-24)18(9-17)20(21,22)23/h5-6,9,16H,3-4,7-8,11-14H2,1-2H3/t16-,19-/m0/s1. The number of ether oxygens (including phenoxy) is 1. The maximum Gasteiger partial charge on any atom is 0.417 e. The average molecular weight is 446 g/mol. The molecule has 2 fully saturated rings. The molecule has 0 unspecified atom stereocenters. The predicted molar refractivity (Wildman–Crippen MR) is 106 cm³/mol. The molecule has 2 aliphatic heterocycles. The van der Waals surface area contributed by atoms with Crippen molar-refractivity contribution in [2.75, 3.05) is 50.0 Å². The molecule has 2 aliphatic rings. The van der Waals surface area contributed by atoms with Gasteiger partial charge in [-0.05, 0) is 44.4 Å². The smallest absolute Gasteiger partial charge is 0.381 e. The molecule has 2 saturated heterocycles. The number of hydrogen-bond acceptors (Lipinski definition) is 5. The van der Waals surface area contributed by atoms with Gasteiger partial charge in [-0.2, -0.15) is 18.4 Å². The second-order valence-electron chi connectivity index (χ2n) is 7.94. The van der Waals surface area contributed by atoms with Crippen molar-refractivity contribution in [3.8, 4) is 6.07 Å². The van der Waals surface area contributed by atoms with E-state index in [4.69, 9.17) is 10.00 Å². The highest BCUT2D eigenvalue weighted by Crippen LogP contribution is 2.45. The highest BCUT2D eigenvalue weighted by molar-refractivity contribution is 7.89. The van der Waals surface area contributed by atoms with Gasteiger partial charge in [0.05, 0.1) is 29.6 Å². The molecule has 0 spiro atoms. The van der Waals surface area contributed by atoms with Gasteiger partial charge in [0.15, 0.2) is 0 Å². The van der Waals surface area contributed by atoms with Crippen LogP contribution >= 0.6 is 0 Å². The van der Waals surface area contributed by atoms with Crippen LogP contribution in [0.25, 0.3) is 0 Å². The number of nitriles is 1. The first kappa shape index (κ1) is 22.8. The molecular weight excluding hydrogens is 419 g/mol. The minimum atomic E-state index is -4.62. The molecule has 0 N–H and O–H groups in total. The molecule has 2 atom stereocenters. The van der Waals surface area contributed by atoms with Gasteiger partial charge in [-0.25, -0.2) is 12.7 Å². The number of piperidine rings is 1. The van der Waals surface area contributed by atoms with E-state index in [0.717, 1.165) is 6.07 Å². The van der Waals surface area contributed by atoms with E-state index in [-0.39, 0.29) is 11.7 Å². The summed E-state index contributed by atoms with van der Waals surface area (Å²) in [6.45, 7) is 5.92. The topological polar surface area (TPSA) is 73.6 Å². The van der Waals surface area contributed by atoms with Crippen molar-refractivity contribution >= 4 is 15.7 Å². The third-order valence-electron chi connectivity index (χ3n) is 6.18. The number of fused-ring (bicyclic) bond motifs is 1. The zero-order valence-corrected chi connectivity index (χ0v) is 17.9. The van der Waals surface area contributed by atoms with Gasteiger partial charge in [0.1, 0.15) is 0 Å². The summed E-state index contributed by atoms with van der Waals surface area (Å²) < 4.78 is 72.3. The maximum absolute atomic E-state index is 13.4. The molecule has 0 amide bonds. The number of sulfonamides is 1. The Bertz CT molecular complexity index is 929. The van der Waals surface area contributed by atoms with Gasteiger partial charge < -0.3 is 9.64 Å². The lowest BCUT2D eigenvalue weighted by molar-refractivity contribution is -0.137. The maximum atomic E-state index is 13.4. The Labute approximate surface area is 175 Å². The van der Waals surface area contributed by atoms with Crippen LogP contribution in [0.4, 0.5) is 18.9 Å². The molecule has 0 bridgehead atoms. The Kier molecular flexibility index (Phi) is 6.37. The van der Waals surface area contributed by atoms with E-state index in [2.05, 4.69) is 0 Å². The highest BCUT2D eigenvalue weighted by atomic mass is 32.2. The van der Waals surface area contributed by atoms with Gasteiger partial charge in [-0.15, -0.1) is 0 Å². The van der Waals surface area contributed by atoms with Crippen LogP contribution in [0.1, 0.15) is 31.4 Å². The molecule has 166 valence electrons. The number of nitrogens with zero attached hydrogens (tertiary/aromatic N) is 3. The fourth-order valence-electron chi connectivity index (χ4n) is 4.53. The Morgan fingerprint density at radius 1 is 1.30 bits per heavy atom. The zero-order chi connectivity index (χ0) is 22.2. The second kappa shape index (κ2) is 8.36. The van der Waals surface area contributed by atoms with E-state index in [9.17, 15) is 21.6 Å². The molecule has 0 saturated carbocycles. The van der Waals surface area contributed by atoms with Gasteiger partial charge in [0.25, 0.3) is 0 Å². The Balaban J connectivity index is 1.93. The molecule has 0 aromatic heterocycles. The number of benzene rings is 1. The van der Waals surface area contributed by atoms with Crippen molar-refractivity contribution in [1.82, 2.24) is 4.31 Å². The molecule has 30 heavy (non-hydrogen) atoms. The minimum absolute atomic E-state index is 0.0106. The van der Waals surface area contributed by atoms with Crippen LogP contribution in [0.2, 0.25) is 0 Å². The predicted octanol–water partition coefficient (Wildman–Crippen LogP) is 3.09. The number of hydrogen-bond donors (Lipinski definition) is 0. The van der Waals surface area contributed by atoms with Crippen LogP contribution in [0.15, 0.2) is 18.2 Å². The van der Waals surface area contributed by atoms with Crippen LogP contribution in [-0.2, 0) is 20.9 Å². The average Bonchev–Trinajstić information content (AvgIpc) is 3.10. The Hall–Kier alpha value is -1.83. The fourth-order valence-corrected chi connectivity index (χ4v) is 5.73. The summed E-state index contributed by atoms with van der Waals surface area (Å²) in [5.74, 6) is 0.119. The van der Waals surface area contributed by atoms with Crippen LogP contribution in [0, 0.1) is 22.7 Å². The second-order valence-corrected chi connectivity index (χ2v) is 10.2. The van der Waals surface area contributed by atoms with Crippen molar-refractivity contribution < 1.29 is 26.3 Å². The molecule has 0 aliphatic carbocycles.